The zero-order chi connectivity index (χ0) is 20.5. The van der Waals surface area contributed by atoms with Gasteiger partial charge in [-0.2, -0.15) is 0 Å². The molecule has 1 atom stereocenters. The maximum atomic E-state index is 12.1. The number of carbonyl (C=O) groups excluding carboxylic acids is 1. The Kier molecular flexibility index (Phi) is 10.7. The number of amides is 1. The molecule has 1 aliphatic heterocycles. The molecule has 3 N–H and O–H groups in total. The van der Waals surface area contributed by atoms with Crippen LogP contribution >= 0.6 is 35.3 Å². The average molecular weight is 545 g/mol. The number of hydrogen-bond acceptors (Lipinski definition) is 5. The van der Waals surface area contributed by atoms with E-state index in [1.807, 2.05) is 6.07 Å². The largest absolute Gasteiger partial charge is 0.467 e. The summed E-state index contributed by atoms with van der Waals surface area (Å²) in [5.74, 6) is 2.06. The highest BCUT2D eigenvalue weighted by Crippen LogP contribution is 2.28. The molecule has 7 nitrogen and oxygen atoms in total. The van der Waals surface area contributed by atoms with Crippen LogP contribution in [-0.4, -0.2) is 50.0 Å². The van der Waals surface area contributed by atoms with Gasteiger partial charge < -0.3 is 20.4 Å². The van der Waals surface area contributed by atoms with Gasteiger partial charge in [-0.15, -0.1) is 35.3 Å². The molecule has 2 aromatic rings. The van der Waals surface area contributed by atoms with Crippen molar-refractivity contribution in [1.82, 2.24) is 20.9 Å². The molecule has 0 bridgehead atoms. The number of nitrogens with zero attached hydrogens (tertiary/aromatic N) is 2. The van der Waals surface area contributed by atoms with Crippen molar-refractivity contribution in [2.24, 2.45) is 10.9 Å². The number of halogens is 1. The number of piperidine rings is 1. The lowest BCUT2D eigenvalue weighted by molar-refractivity contribution is -0.120. The molecule has 2 aromatic heterocycles. The van der Waals surface area contributed by atoms with Gasteiger partial charge in [0.25, 0.3) is 0 Å². The summed E-state index contributed by atoms with van der Waals surface area (Å²) in [5, 5.41) is 11.4. The Morgan fingerprint density at radius 2 is 2.07 bits per heavy atom. The van der Waals surface area contributed by atoms with Crippen LogP contribution in [0.15, 0.2) is 45.3 Å². The van der Waals surface area contributed by atoms with Crippen LogP contribution in [0, 0.1) is 5.92 Å². The fourth-order valence-corrected chi connectivity index (χ4v) is 4.33. The van der Waals surface area contributed by atoms with Crippen LogP contribution in [0.5, 0.6) is 0 Å². The van der Waals surface area contributed by atoms with E-state index >= 15 is 0 Å². The van der Waals surface area contributed by atoms with E-state index in [0.29, 0.717) is 18.5 Å². The molecular formula is C21H32IN5O2S. The number of guanidine groups is 1. The van der Waals surface area contributed by atoms with Crippen molar-refractivity contribution in [3.8, 4) is 0 Å². The third-order valence-corrected chi connectivity index (χ3v) is 6.25. The maximum Gasteiger partial charge on any atom is 0.239 e. The van der Waals surface area contributed by atoms with Gasteiger partial charge in [-0.1, -0.05) is 13.0 Å². The van der Waals surface area contributed by atoms with Crippen molar-refractivity contribution in [2.75, 3.05) is 33.2 Å². The molecule has 166 valence electrons. The highest BCUT2D eigenvalue weighted by atomic mass is 127. The van der Waals surface area contributed by atoms with E-state index in [0.717, 1.165) is 31.3 Å². The fourth-order valence-electron chi connectivity index (χ4n) is 3.47. The zero-order valence-corrected chi connectivity index (χ0v) is 20.7. The van der Waals surface area contributed by atoms with Gasteiger partial charge in [0.1, 0.15) is 5.76 Å². The van der Waals surface area contributed by atoms with Crippen molar-refractivity contribution in [1.29, 1.82) is 0 Å². The Morgan fingerprint density at radius 3 is 2.70 bits per heavy atom. The summed E-state index contributed by atoms with van der Waals surface area (Å²) in [4.78, 5) is 20.2. The molecule has 30 heavy (non-hydrogen) atoms. The van der Waals surface area contributed by atoms with Crippen molar-refractivity contribution >= 4 is 47.2 Å². The van der Waals surface area contributed by atoms with Crippen molar-refractivity contribution in [2.45, 2.75) is 32.4 Å². The summed E-state index contributed by atoms with van der Waals surface area (Å²) in [7, 11) is 1.72. The van der Waals surface area contributed by atoms with Gasteiger partial charge in [0.15, 0.2) is 5.96 Å². The van der Waals surface area contributed by atoms with Crippen LogP contribution < -0.4 is 16.0 Å². The average Bonchev–Trinajstić information content (AvgIpc) is 3.44. The van der Waals surface area contributed by atoms with Crippen molar-refractivity contribution in [3.05, 3.63) is 46.5 Å². The van der Waals surface area contributed by atoms with Crippen molar-refractivity contribution < 1.29 is 9.21 Å². The van der Waals surface area contributed by atoms with Crippen LogP contribution in [-0.2, 0) is 11.3 Å². The van der Waals surface area contributed by atoms with E-state index in [2.05, 4.69) is 50.3 Å². The summed E-state index contributed by atoms with van der Waals surface area (Å²) in [6.45, 7) is 5.86. The molecule has 0 aromatic carbocycles. The number of furan rings is 1. The minimum Gasteiger partial charge on any atom is -0.467 e. The number of carbonyl (C=O) groups is 1. The third-order valence-electron chi connectivity index (χ3n) is 5.27. The second-order valence-electron chi connectivity index (χ2n) is 7.41. The van der Waals surface area contributed by atoms with Gasteiger partial charge in [0.05, 0.1) is 25.4 Å². The molecular weight excluding hydrogens is 513 g/mol. The number of hydrogen-bond donors (Lipinski definition) is 3. The second kappa shape index (κ2) is 13.0. The Morgan fingerprint density at radius 1 is 1.27 bits per heavy atom. The third kappa shape index (κ3) is 7.59. The van der Waals surface area contributed by atoms with E-state index in [9.17, 15) is 4.79 Å². The minimum absolute atomic E-state index is 0. The number of likely N-dealkylation sites (tertiary alicyclic amines) is 1. The van der Waals surface area contributed by atoms with Crippen LogP contribution in [0.2, 0.25) is 0 Å². The lowest BCUT2D eigenvalue weighted by Gasteiger charge is -2.36. The van der Waals surface area contributed by atoms with Crippen LogP contribution in [0.25, 0.3) is 0 Å². The summed E-state index contributed by atoms with van der Waals surface area (Å²) < 4.78 is 5.22. The second-order valence-corrected chi connectivity index (χ2v) is 8.39. The Balaban J connectivity index is 0.00000320. The van der Waals surface area contributed by atoms with Gasteiger partial charge in [-0.3, -0.25) is 14.7 Å². The minimum atomic E-state index is -0.107. The normalized spacial score (nSPS) is 16.5. The summed E-state index contributed by atoms with van der Waals surface area (Å²) in [6.07, 6.45) is 4.08. The highest BCUT2D eigenvalue weighted by molar-refractivity contribution is 14.0. The Labute approximate surface area is 199 Å². The number of nitrogens with one attached hydrogen (secondary N) is 3. The Hall–Kier alpha value is -1.59. The number of thiophene rings is 1. The summed E-state index contributed by atoms with van der Waals surface area (Å²) in [5.41, 5.74) is 0. The molecule has 1 saturated heterocycles. The molecule has 1 unspecified atom stereocenters. The predicted molar refractivity (Wildman–Crippen MR) is 132 cm³/mol. The molecule has 1 aliphatic rings. The molecule has 9 heteroatoms. The van der Waals surface area contributed by atoms with Crippen molar-refractivity contribution in [3.63, 3.8) is 0 Å². The molecule has 0 spiro atoms. The van der Waals surface area contributed by atoms with E-state index in [1.54, 1.807) is 30.7 Å². The van der Waals surface area contributed by atoms with Gasteiger partial charge in [-0.25, -0.2) is 0 Å². The number of rotatable bonds is 8. The quantitative estimate of drug-likeness (QED) is 0.270. The summed E-state index contributed by atoms with van der Waals surface area (Å²) >= 11 is 1.79. The molecule has 1 amide bonds. The molecule has 1 fully saturated rings. The smallest absolute Gasteiger partial charge is 0.239 e. The van der Waals surface area contributed by atoms with E-state index in [-0.39, 0.29) is 36.4 Å². The first-order valence-electron chi connectivity index (χ1n) is 10.2. The molecule has 3 heterocycles. The monoisotopic (exact) mass is 545 g/mol. The molecule has 0 aliphatic carbocycles. The predicted octanol–water partition coefficient (Wildman–Crippen LogP) is 3.21. The first kappa shape index (κ1) is 24.7. The van der Waals surface area contributed by atoms with E-state index in [4.69, 9.17) is 4.42 Å². The highest BCUT2D eigenvalue weighted by Gasteiger charge is 2.25. The lowest BCUT2D eigenvalue weighted by Crippen LogP contribution is -2.47. The van der Waals surface area contributed by atoms with E-state index in [1.165, 1.54) is 17.7 Å². The van der Waals surface area contributed by atoms with Gasteiger partial charge in [0, 0.05) is 18.5 Å². The lowest BCUT2D eigenvalue weighted by atomic mass is 9.97. The SMILES string of the molecule is CN=C(NCC(=O)NCc1ccco1)NCC(c1cccs1)N1CCC(C)CC1.I. The number of aliphatic imine (C=N–C) groups is 1. The topological polar surface area (TPSA) is 81.9 Å². The van der Waals surface area contributed by atoms with Crippen LogP contribution in [0.3, 0.4) is 0 Å². The standard InChI is InChI=1S/C21H31N5O2S.HI/c1-16-7-9-26(10-8-16)18(19-6-4-12-29-19)14-24-21(22-2)25-15-20(27)23-13-17-5-3-11-28-17;/h3-6,11-12,16,18H,7-10,13-15H2,1-2H3,(H,23,27)(H2,22,24,25);1H. The fraction of sp³-hybridized carbons (Fsp3) is 0.524. The Bertz CT molecular complexity index is 758. The first-order chi connectivity index (χ1) is 14.2. The van der Waals surface area contributed by atoms with E-state index < -0.39 is 0 Å². The summed E-state index contributed by atoms with van der Waals surface area (Å²) in [6, 6.07) is 8.26. The molecule has 0 radical (unpaired) electrons. The van der Waals surface area contributed by atoms with Gasteiger partial charge in [-0.05, 0) is 55.4 Å². The maximum absolute atomic E-state index is 12.1. The van der Waals surface area contributed by atoms with Gasteiger partial charge >= 0.3 is 0 Å². The molecule has 0 saturated carbocycles. The first-order valence-corrected chi connectivity index (χ1v) is 11.0. The molecule has 3 rings (SSSR count). The van der Waals surface area contributed by atoms with Gasteiger partial charge in [0.2, 0.25) is 5.91 Å². The van der Waals surface area contributed by atoms with Crippen LogP contribution in [0.4, 0.5) is 0 Å². The zero-order valence-electron chi connectivity index (χ0n) is 17.6. The van der Waals surface area contributed by atoms with Crippen LogP contribution in [0.1, 0.15) is 36.4 Å².